The van der Waals surface area contributed by atoms with Crippen molar-refractivity contribution in [2.45, 2.75) is 166 Å². The van der Waals surface area contributed by atoms with Crippen molar-refractivity contribution >= 4 is 84.3 Å². The molecule has 12 atom stereocenters. The molecule has 2 aliphatic heterocycles. The molecule has 7 N–H and O–H groups in total. The van der Waals surface area contributed by atoms with Gasteiger partial charge >= 0.3 is 27.3 Å². The molecule has 414 valence electrons. The van der Waals surface area contributed by atoms with Crippen LogP contribution in [0.5, 0.6) is 0 Å². The third-order valence-corrected chi connectivity index (χ3v) is 19.4. The molecule has 2 heterocycles. The minimum atomic E-state index is -1.48. The number of unbranched alkanes of at least 4 members (excludes halogenated alkanes) is 2. The first kappa shape index (κ1) is 58.6. The number of aliphatic hydroxyl groups is 1. The zero-order valence-electron chi connectivity index (χ0n) is 44.5. The van der Waals surface area contributed by atoms with Crippen molar-refractivity contribution in [3.05, 3.63) is 53.6 Å². The van der Waals surface area contributed by atoms with Crippen molar-refractivity contribution in [3.8, 4) is 0 Å². The number of Topliss-reactive ketones (excluding diaryl/α,β-unsaturated/α-hetero) is 1. The number of likely N-dealkylation sites (tertiary alicyclic amines) is 1. The van der Waals surface area contributed by atoms with E-state index >= 15 is 0 Å². The zero-order valence-corrected chi connectivity index (χ0v) is 47.3. The normalized spacial score (nSPS) is 30.0. The van der Waals surface area contributed by atoms with E-state index in [-0.39, 0.29) is 97.7 Å². The molecule has 2 unspecified atom stereocenters. The van der Waals surface area contributed by atoms with Gasteiger partial charge in [0.25, 0.3) is 0 Å². The Morgan fingerprint density at radius 3 is 2.43 bits per heavy atom. The van der Waals surface area contributed by atoms with Gasteiger partial charge in [-0.2, -0.15) is 0 Å². The number of primary amides is 1. The summed E-state index contributed by atoms with van der Waals surface area (Å²) in [6, 6.07) is 3.59. The number of nitrogens with zero attached hydrogens (tertiary/aromatic N) is 1. The van der Waals surface area contributed by atoms with Crippen molar-refractivity contribution in [1.29, 1.82) is 0 Å². The molecule has 22 heteroatoms. The Morgan fingerprint density at radius 2 is 1.75 bits per heavy atom. The highest BCUT2D eigenvalue weighted by Crippen LogP contribution is 2.69. The van der Waals surface area contributed by atoms with Gasteiger partial charge in [-0.25, -0.2) is 9.59 Å². The molecule has 0 spiro atoms. The summed E-state index contributed by atoms with van der Waals surface area (Å²) in [6.07, 6.45) is 8.02. The van der Waals surface area contributed by atoms with Crippen molar-refractivity contribution < 1.29 is 67.2 Å². The van der Waals surface area contributed by atoms with Gasteiger partial charge in [0, 0.05) is 48.4 Å². The molecule has 0 radical (unpaired) electrons. The van der Waals surface area contributed by atoms with Crippen LogP contribution in [0.1, 0.15) is 124 Å². The fourth-order valence-electron chi connectivity index (χ4n) is 13.0. The Morgan fingerprint density at radius 1 is 1.00 bits per heavy atom. The van der Waals surface area contributed by atoms with Gasteiger partial charge in [0.05, 0.1) is 17.5 Å². The van der Waals surface area contributed by atoms with E-state index in [1.165, 1.54) is 15.0 Å². The molecule has 5 fully saturated rings. The number of fused-ring (bicyclic) bond motifs is 7. The van der Waals surface area contributed by atoms with Crippen molar-refractivity contribution in [3.63, 3.8) is 0 Å². The number of allylic oxidation sites excluding steroid dienone is 4. The van der Waals surface area contributed by atoms with Crippen LogP contribution in [0.4, 0.5) is 15.3 Å². The van der Waals surface area contributed by atoms with Gasteiger partial charge in [0.15, 0.2) is 24.3 Å². The lowest BCUT2D eigenvalue weighted by Gasteiger charge is -2.59. The quantitative estimate of drug-likeness (QED) is 0.0369. The Balaban J connectivity index is 0.908. The molecule has 6 aliphatic rings. The number of imide groups is 1. The lowest BCUT2D eigenvalue weighted by molar-refractivity contribution is -0.200. The number of hydrogen-bond donors (Lipinski definition) is 6. The van der Waals surface area contributed by atoms with Gasteiger partial charge in [-0.05, 0) is 105 Å². The summed E-state index contributed by atoms with van der Waals surface area (Å²) in [4.78, 5) is 118. The average molecular weight is 1090 g/mol. The molecule has 1 aromatic carbocycles. The highest BCUT2D eigenvalue weighted by atomic mass is 32.3. The summed E-state index contributed by atoms with van der Waals surface area (Å²) in [5.74, 6) is -2.87. The van der Waals surface area contributed by atoms with E-state index in [4.69, 9.17) is 24.7 Å². The molecule has 3 saturated carbocycles. The molecule has 20 nitrogen and oxygen atoms in total. The number of ether oxygens (including phenoxy) is 4. The SMILES string of the molecule is CCCC1O[C@@H]2C[C@H]3[C@@H]4CCC5=CC(=O)C=C[C@]5(C)[C@H]4[C@@H](O)C[C@]3(C)[C@]2(C(=O)COC(=O)OCc2ccc(NC(=O)[C@H](CCCNC(N)=O)NC(=O)[C@@H](NC(=O)CCCCCN3C(=O)CC([S][AlH2])C3=O)C(C)C)cc2)O1. The van der Waals surface area contributed by atoms with Crippen LogP contribution in [-0.2, 0) is 59.1 Å². The standard InChI is InChI=1S/C54H74N6O14S.Al.2H/c1-6-11-44-73-41-25-36-35-19-16-32-24-34(61)20-21-52(32,4)45(35)38(62)27-53(36,5)54(41,74-44)40(63)29-72-51(70)71-28-31-14-17-33(18-15-31)57-47(66)37(12-10-22-56-50(55)69)58-48(67)46(30(2)3)59-42(64)13-8-7-9-23-60-43(65)26-39(75)49(60)68;;;/h14-15,17-18,20-21,24,30,35-39,41,44-46,62,75H,6-13,16,19,22-23,25-29H2,1-5H3,(H,57,66)(H,58,67)(H,59,64)(H3,55,56,69);;;/q;+1;;/p-1/t35-,36-,37-,38-,39?,41+,44?,45+,46-,52-,53-,54+;;;/m0.../s1. The summed E-state index contributed by atoms with van der Waals surface area (Å²) in [7, 11) is 1.49. The molecule has 7 amide bonds. The number of carbonyl (C=O) groups excluding carboxylic acids is 9. The number of hydrogen-bond acceptors (Lipinski definition) is 15. The molecule has 2 saturated heterocycles. The van der Waals surface area contributed by atoms with Crippen LogP contribution in [0.3, 0.4) is 0 Å². The van der Waals surface area contributed by atoms with Crippen LogP contribution < -0.4 is 27.0 Å². The van der Waals surface area contributed by atoms with Gasteiger partial charge in [-0.3, -0.25) is 48.6 Å². The number of aliphatic hydroxyl groups excluding tert-OH is 1. The van der Waals surface area contributed by atoms with Crippen LogP contribution in [0.15, 0.2) is 48.1 Å². The number of amides is 7. The molecule has 1 aromatic rings. The van der Waals surface area contributed by atoms with Crippen LogP contribution in [0.2, 0.25) is 0 Å². The van der Waals surface area contributed by atoms with Crippen LogP contribution in [0.25, 0.3) is 0 Å². The number of benzene rings is 1. The zero-order chi connectivity index (χ0) is 55.1. The van der Waals surface area contributed by atoms with E-state index in [0.29, 0.717) is 56.3 Å². The first-order valence-electron chi connectivity index (χ1n) is 26.8. The Bertz CT molecular complexity index is 2460. The minimum Gasteiger partial charge on any atom is -0.429 e. The fraction of sp³-hybridized carbons (Fsp3) is 0.648. The highest BCUT2D eigenvalue weighted by Gasteiger charge is 2.76. The number of nitrogens with one attached hydrogen (secondary N) is 4. The van der Waals surface area contributed by atoms with Crippen molar-refractivity contribution in [2.75, 3.05) is 25.0 Å². The molecule has 0 aromatic heterocycles. The highest BCUT2D eigenvalue weighted by molar-refractivity contribution is 8.20. The van der Waals surface area contributed by atoms with Gasteiger partial charge in [0.2, 0.25) is 35.3 Å². The number of urea groups is 1. The molecule has 7 rings (SSSR count). The molecule has 76 heavy (non-hydrogen) atoms. The maximum Gasteiger partial charge on any atom is 0.509 e. The first-order chi connectivity index (χ1) is 36.1. The van der Waals surface area contributed by atoms with Crippen LogP contribution >= 0.6 is 10.1 Å². The lowest BCUT2D eigenvalue weighted by atomic mass is 9.46. The second-order valence-corrected chi connectivity index (χ2v) is 24.4. The third kappa shape index (κ3) is 12.6. The second kappa shape index (κ2) is 25.1. The summed E-state index contributed by atoms with van der Waals surface area (Å²) < 4.78 is 24.0. The summed E-state index contributed by atoms with van der Waals surface area (Å²) >= 11 is 0.763. The predicted octanol–water partition coefficient (Wildman–Crippen LogP) is 4.06. The minimum absolute atomic E-state index is 0.0214. The topological polar surface area (TPSA) is 288 Å². The Labute approximate surface area is 455 Å². The largest absolute Gasteiger partial charge is 0.509 e. The average Bonchev–Trinajstić information content (AvgIpc) is 3.99. The summed E-state index contributed by atoms with van der Waals surface area (Å²) in [6.45, 7) is 9.19. The monoisotopic (exact) mass is 1090 g/mol. The van der Waals surface area contributed by atoms with Gasteiger partial charge in [-0.1, -0.05) is 71.2 Å². The predicted molar refractivity (Wildman–Crippen MR) is 282 cm³/mol. The maximum atomic E-state index is 14.6. The van der Waals surface area contributed by atoms with E-state index in [1.54, 1.807) is 50.3 Å². The van der Waals surface area contributed by atoms with E-state index in [2.05, 4.69) is 28.2 Å². The Kier molecular flexibility index (Phi) is 19.4. The second-order valence-electron chi connectivity index (χ2n) is 22.0. The van der Waals surface area contributed by atoms with Gasteiger partial charge in [-0.15, -0.1) is 0 Å². The number of rotatable bonds is 24. The van der Waals surface area contributed by atoms with E-state index in [0.717, 1.165) is 33.6 Å². The van der Waals surface area contributed by atoms with Crippen molar-refractivity contribution in [1.82, 2.24) is 20.9 Å². The smallest absolute Gasteiger partial charge is 0.429 e. The number of anilines is 1. The Hall–Kier alpha value is -5.11. The van der Waals surface area contributed by atoms with Crippen molar-refractivity contribution in [2.24, 2.45) is 40.2 Å². The van der Waals surface area contributed by atoms with Gasteiger partial charge in [0.1, 0.15) is 18.7 Å². The summed E-state index contributed by atoms with van der Waals surface area (Å²) in [5, 5.41) is 22.6. The fourth-order valence-corrected chi connectivity index (χ4v) is 14.7. The molecular weight excluding hydrogens is 1020 g/mol. The third-order valence-electron chi connectivity index (χ3n) is 16.8. The van der Waals surface area contributed by atoms with Crippen LogP contribution in [0, 0.1) is 34.5 Å². The van der Waals surface area contributed by atoms with Crippen LogP contribution in [-0.4, -0.2) is 140 Å². The number of carbonyl (C=O) groups is 9. The number of nitrogens with two attached hydrogens (primary N) is 1. The number of ketones is 2. The van der Waals surface area contributed by atoms with E-state index in [1.807, 2.05) is 19.9 Å². The maximum absolute atomic E-state index is 14.6. The lowest BCUT2D eigenvalue weighted by Crippen LogP contribution is -2.63. The first-order valence-corrected chi connectivity index (χ1v) is 30.6. The van der Waals surface area contributed by atoms with Gasteiger partial charge < -0.3 is 51.1 Å². The molecule has 0 bridgehead atoms. The van der Waals surface area contributed by atoms with E-state index in [9.17, 15) is 48.3 Å². The van der Waals surface area contributed by atoms with E-state index < -0.39 is 83.4 Å². The molecule has 4 aliphatic carbocycles. The summed E-state index contributed by atoms with van der Waals surface area (Å²) in [5.41, 5.74) is 4.32. The molecular formula is C54H75AlN6O14S.